The van der Waals surface area contributed by atoms with Crippen molar-refractivity contribution in [1.29, 1.82) is 0 Å². The van der Waals surface area contributed by atoms with Crippen LogP contribution in [0.4, 0.5) is 5.69 Å². The van der Waals surface area contributed by atoms with E-state index in [4.69, 9.17) is 9.26 Å². The quantitative estimate of drug-likeness (QED) is 0.522. The van der Waals surface area contributed by atoms with E-state index >= 15 is 0 Å². The molecule has 0 saturated carbocycles. The van der Waals surface area contributed by atoms with Crippen LogP contribution in [0.15, 0.2) is 59.1 Å². The number of ether oxygens (including phenoxy) is 1. The maximum Gasteiger partial charge on any atom is 0.261 e. The summed E-state index contributed by atoms with van der Waals surface area (Å²) in [5.74, 6) is -0.235. The lowest BCUT2D eigenvalue weighted by Gasteiger charge is -2.12. The molecule has 1 aromatic heterocycles. The molecule has 156 valence electrons. The molecule has 2 amide bonds. The number of benzene rings is 2. The lowest BCUT2D eigenvalue weighted by Crippen LogP contribution is -2.27. The number of hydrogen-bond acceptors (Lipinski definition) is 5. The van der Waals surface area contributed by atoms with Gasteiger partial charge in [-0.25, -0.2) is 0 Å². The number of nitrogens with zero attached hydrogens (tertiary/aromatic N) is 1. The summed E-state index contributed by atoms with van der Waals surface area (Å²) in [5.41, 5.74) is 2.39. The second kappa shape index (κ2) is 10.4. The Balaban J connectivity index is 1.76. The SMILES string of the molecule is CCOCCCNC(=O)c1ccccc1NC(=O)c1c(-c2ccccc2)noc1C. The van der Waals surface area contributed by atoms with Crippen LogP contribution in [0, 0.1) is 6.92 Å². The van der Waals surface area contributed by atoms with Gasteiger partial charge in [0.25, 0.3) is 11.8 Å². The van der Waals surface area contributed by atoms with Gasteiger partial charge in [-0.05, 0) is 32.4 Å². The molecule has 30 heavy (non-hydrogen) atoms. The van der Waals surface area contributed by atoms with Crippen molar-refractivity contribution in [2.45, 2.75) is 20.3 Å². The van der Waals surface area contributed by atoms with Gasteiger partial charge in [-0.1, -0.05) is 47.6 Å². The van der Waals surface area contributed by atoms with Gasteiger partial charge < -0.3 is 19.9 Å². The zero-order valence-electron chi connectivity index (χ0n) is 17.1. The molecule has 0 atom stereocenters. The Morgan fingerprint density at radius 1 is 1.03 bits per heavy atom. The Hall–Kier alpha value is -3.45. The minimum absolute atomic E-state index is 0.257. The van der Waals surface area contributed by atoms with E-state index in [2.05, 4.69) is 15.8 Å². The van der Waals surface area contributed by atoms with Crippen LogP contribution in [0.25, 0.3) is 11.3 Å². The molecule has 0 unspecified atom stereocenters. The van der Waals surface area contributed by atoms with E-state index < -0.39 is 0 Å². The predicted octanol–water partition coefficient (Wildman–Crippen LogP) is 4.06. The molecule has 2 N–H and O–H groups in total. The van der Waals surface area contributed by atoms with E-state index in [9.17, 15) is 9.59 Å². The standard InChI is InChI=1S/C23H25N3O4/c1-3-29-15-9-14-24-22(27)18-12-7-8-13-19(18)25-23(28)20-16(2)30-26-21(20)17-10-5-4-6-11-17/h4-8,10-13H,3,9,14-15H2,1-2H3,(H,24,27)(H,25,28). The van der Waals surface area contributed by atoms with E-state index in [1.807, 2.05) is 37.3 Å². The van der Waals surface area contributed by atoms with Gasteiger partial charge >= 0.3 is 0 Å². The number of nitrogens with one attached hydrogen (secondary N) is 2. The Bertz CT molecular complexity index is 999. The predicted molar refractivity (Wildman–Crippen MR) is 115 cm³/mol. The summed E-state index contributed by atoms with van der Waals surface area (Å²) in [6.45, 7) is 5.34. The first kappa shape index (κ1) is 21.3. The van der Waals surface area contributed by atoms with Crippen molar-refractivity contribution in [3.8, 4) is 11.3 Å². The third-order valence-corrected chi connectivity index (χ3v) is 4.51. The van der Waals surface area contributed by atoms with Crippen LogP contribution in [0.5, 0.6) is 0 Å². The molecule has 7 nitrogen and oxygen atoms in total. The third kappa shape index (κ3) is 5.12. The topological polar surface area (TPSA) is 93.5 Å². The number of rotatable bonds is 9. The van der Waals surface area contributed by atoms with E-state index in [-0.39, 0.29) is 11.8 Å². The van der Waals surface area contributed by atoms with Gasteiger partial charge in [0.05, 0.1) is 11.3 Å². The van der Waals surface area contributed by atoms with Crippen molar-refractivity contribution in [2.75, 3.05) is 25.1 Å². The number of amides is 2. The first-order valence-corrected chi connectivity index (χ1v) is 9.89. The van der Waals surface area contributed by atoms with Crippen molar-refractivity contribution in [3.05, 3.63) is 71.5 Å². The number of hydrogen-bond donors (Lipinski definition) is 2. The number of para-hydroxylation sites is 1. The Morgan fingerprint density at radius 2 is 1.77 bits per heavy atom. The largest absolute Gasteiger partial charge is 0.382 e. The van der Waals surface area contributed by atoms with Crippen molar-refractivity contribution in [2.24, 2.45) is 0 Å². The molecule has 7 heteroatoms. The second-order valence-electron chi connectivity index (χ2n) is 6.63. The van der Waals surface area contributed by atoms with Crippen molar-refractivity contribution in [1.82, 2.24) is 10.5 Å². The number of aromatic nitrogens is 1. The Morgan fingerprint density at radius 3 is 2.53 bits per heavy atom. The van der Waals surface area contributed by atoms with Crippen molar-refractivity contribution in [3.63, 3.8) is 0 Å². The maximum atomic E-state index is 13.0. The van der Waals surface area contributed by atoms with Crippen LogP contribution in [-0.4, -0.2) is 36.7 Å². The molecule has 0 spiro atoms. The first-order valence-electron chi connectivity index (χ1n) is 9.89. The summed E-state index contributed by atoms with van der Waals surface area (Å²) < 4.78 is 10.5. The third-order valence-electron chi connectivity index (χ3n) is 4.51. The zero-order valence-corrected chi connectivity index (χ0v) is 17.1. The van der Waals surface area contributed by atoms with Crippen LogP contribution >= 0.6 is 0 Å². The molecule has 0 aliphatic carbocycles. The average Bonchev–Trinajstić information content (AvgIpc) is 3.16. The van der Waals surface area contributed by atoms with E-state index in [1.54, 1.807) is 31.2 Å². The fraction of sp³-hybridized carbons (Fsp3) is 0.261. The van der Waals surface area contributed by atoms with Crippen LogP contribution in [0.2, 0.25) is 0 Å². The van der Waals surface area contributed by atoms with Gasteiger partial charge in [-0.2, -0.15) is 0 Å². The van der Waals surface area contributed by atoms with Crippen LogP contribution in [-0.2, 0) is 4.74 Å². The number of carbonyl (C=O) groups is 2. The molecular weight excluding hydrogens is 382 g/mol. The molecule has 3 rings (SSSR count). The highest BCUT2D eigenvalue weighted by molar-refractivity contribution is 6.11. The fourth-order valence-corrected chi connectivity index (χ4v) is 3.02. The lowest BCUT2D eigenvalue weighted by molar-refractivity contribution is 0.0945. The van der Waals surface area contributed by atoms with Crippen LogP contribution in [0.3, 0.4) is 0 Å². The normalized spacial score (nSPS) is 10.6. The molecule has 0 saturated heterocycles. The number of aryl methyl sites for hydroxylation is 1. The van der Waals surface area contributed by atoms with Gasteiger partial charge in [-0.15, -0.1) is 0 Å². The highest BCUT2D eigenvalue weighted by Crippen LogP contribution is 2.26. The van der Waals surface area contributed by atoms with E-state index in [1.165, 1.54) is 0 Å². The summed E-state index contributed by atoms with van der Waals surface area (Å²) in [7, 11) is 0. The fourth-order valence-electron chi connectivity index (χ4n) is 3.02. The summed E-state index contributed by atoms with van der Waals surface area (Å²) in [6, 6.07) is 16.2. The smallest absolute Gasteiger partial charge is 0.261 e. The second-order valence-corrected chi connectivity index (χ2v) is 6.63. The van der Waals surface area contributed by atoms with Crippen LogP contribution in [0.1, 0.15) is 39.8 Å². The molecule has 0 aliphatic rings. The molecule has 3 aromatic rings. The highest BCUT2D eigenvalue weighted by atomic mass is 16.5. The minimum Gasteiger partial charge on any atom is -0.382 e. The van der Waals surface area contributed by atoms with Crippen LogP contribution < -0.4 is 10.6 Å². The summed E-state index contributed by atoms with van der Waals surface area (Å²) in [6.07, 6.45) is 0.717. The molecule has 0 aliphatic heterocycles. The number of carbonyl (C=O) groups excluding carboxylic acids is 2. The van der Waals surface area contributed by atoms with E-state index in [0.29, 0.717) is 54.4 Å². The zero-order chi connectivity index (χ0) is 21.3. The van der Waals surface area contributed by atoms with Gasteiger partial charge in [0.1, 0.15) is 17.0 Å². The Labute approximate surface area is 175 Å². The minimum atomic E-state index is -0.385. The highest BCUT2D eigenvalue weighted by Gasteiger charge is 2.23. The molecule has 0 bridgehead atoms. The molecule has 0 fully saturated rings. The van der Waals surface area contributed by atoms with E-state index in [0.717, 1.165) is 5.56 Å². The maximum absolute atomic E-state index is 13.0. The average molecular weight is 407 g/mol. The molecular formula is C23H25N3O4. The molecule has 0 radical (unpaired) electrons. The summed E-state index contributed by atoms with van der Waals surface area (Å²) in [5, 5.41) is 9.73. The van der Waals surface area contributed by atoms with Gasteiger partial charge in [-0.3, -0.25) is 9.59 Å². The first-order chi connectivity index (χ1) is 14.6. The van der Waals surface area contributed by atoms with Crippen molar-refractivity contribution >= 4 is 17.5 Å². The number of anilines is 1. The van der Waals surface area contributed by atoms with Gasteiger partial charge in [0.2, 0.25) is 0 Å². The van der Waals surface area contributed by atoms with Gasteiger partial charge in [0.15, 0.2) is 0 Å². The molecule has 2 aromatic carbocycles. The van der Waals surface area contributed by atoms with Crippen molar-refractivity contribution < 1.29 is 18.8 Å². The Kier molecular flexibility index (Phi) is 7.34. The lowest BCUT2D eigenvalue weighted by atomic mass is 10.1. The molecule has 1 heterocycles. The van der Waals surface area contributed by atoms with Gasteiger partial charge in [0, 0.05) is 25.3 Å². The summed E-state index contributed by atoms with van der Waals surface area (Å²) >= 11 is 0. The monoisotopic (exact) mass is 407 g/mol. The summed E-state index contributed by atoms with van der Waals surface area (Å²) in [4.78, 5) is 25.6.